The number of aromatic nitrogens is 1. The average Bonchev–Trinajstić information content (AvgIpc) is 3.09. The third-order valence-electron chi connectivity index (χ3n) is 5.44. The SMILES string of the molecule is COc1ccc(N2C(=O)C(=O)/C(=C(/O)c3cc(C)cc(Cl)c3OC)C2c2cccnc2)cc1. The number of pyridine rings is 1. The third-order valence-corrected chi connectivity index (χ3v) is 5.72. The zero-order chi connectivity index (χ0) is 23.7. The number of ketones is 1. The Hall–Kier alpha value is -3.84. The van der Waals surface area contributed by atoms with Gasteiger partial charge in [-0.05, 0) is 60.5 Å². The lowest BCUT2D eigenvalue weighted by Gasteiger charge is -2.25. The average molecular weight is 465 g/mol. The topological polar surface area (TPSA) is 89.0 Å². The normalized spacial score (nSPS) is 17.3. The molecule has 2 aromatic carbocycles. The summed E-state index contributed by atoms with van der Waals surface area (Å²) in [4.78, 5) is 31.9. The van der Waals surface area contributed by atoms with E-state index >= 15 is 0 Å². The first-order chi connectivity index (χ1) is 15.9. The van der Waals surface area contributed by atoms with E-state index in [1.54, 1.807) is 67.8 Å². The van der Waals surface area contributed by atoms with Gasteiger partial charge in [0.2, 0.25) is 0 Å². The zero-order valence-electron chi connectivity index (χ0n) is 18.2. The summed E-state index contributed by atoms with van der Waals surface area (Å²) in [6.07, 6.45) is 3.15. The summed E-state index contributed by atoms with van der Waals surface area (Å²) >= 11 is 6.31. The highest BCUT2D eigenvalue weighted by Gasteiger charge is 2.47. The van der Waals surface area contributed by atoms with Crippen LogP contribution >= 0.6 is 11.6 Å². The molecule has 1 amide bonds. The van der Waals surface area contributed by atoms with E-state index in [0.717, 1.165) is 5.56 Å². The van der Waals surface area contributed by atoms with Gasteiger partial charge in [-0.25, -0.2) is 0 Å². The number of aryl methyl sites for hydroxylation is 1. The van der Waals surface area contributed by atoms with Crippen LogP contribution in [0.15, 0.2) is 66.5 Å². The Morgan fingerprint density at radius 2 is 1.82 bits per heavy atom. The van der Waals surface area contributed by atoms with Gasteiger partial charge in [-0.15, -0.1) is 0 Å². The van der Waals surface area contributed by atoms with E-state index in [9.17, 15) is 14.7 Å². The Labute approximate surface area is 195 Å². The lowest BCUT2D eigenvalue weighted by molar-refractivity contribution is -0.132. The summed E-state index contributed by atoms with van der Waals surface area (Å²) in [5, 5.41) is 11.6. The van der Waals surface area contributed by atoms with E-state index in [1.807, 2.05) is 0 Å². The monoisotopic (exact) mass is 464 g/mol. The van der Waals surface area contributed by atoms with Gasteiger partial charge < -0.3 is 14.6 Å². The standard InChI is InChI=1S/C25H21ClN2O5/c1-14-11-18(24(33-3)19(26)12-14)22(29)20-21(15-5-4-10-27-13-15)28(25(31)23(20)30)16-6-8-17(32-2)9-7-16/h4-13,21,29H,1-3H3/b22-20+. The molecule has 1 saturated heterocycles. The number of nitrogens with zero attached hydrogens (tertiary/aromatic N) is 2. The Morgan fingerprint density at radius 3 is 2.42 bits per heavy atom. The molecular weight excluding hydrogens is 444 g/mol. The molecular formula is C25H21ClN2O5. The summed E-state index contributed by atoms with van der Waals surface area (Å²) in [6.45, 7) is 1.80. The fourth-order valence-corrected chi connectivity index (χ4v) is 4.30. The van der Waals surface area contributed by atoms with E-state index in [-0.39, 0.29) is 27.7 Å². The van der Waals surface area contributed by atoms with Gasteiger partial charge in [-0.2, -0.15) is 0 Å². The second kappa shape index (κ2) is 8.96. The van der Waals surface area contributed by atoms with Crippen LogP contribution in [0.3, 0.4) is 0 Å². The smallest absolute Gasteiger partial charge is 0.300 e. The van der Waals surface area contributed by atoms with Gasteiger partial charge in [0.1, 0.15) is 17.3 Å². The lowest BCUT2D eigenvalue weighted by Crippen LogP contribution is -2.29. The maximum absolute atomic E-state index is 13.3. The fourth-order valence-electron chi connectivity index (χ4n) is 3.95. The van der Waals surface area contributed by atoms with Crippen LogP contribution in [0.2, 0.25) is 5.02 Å². The third kappa shape index (κ3) is 3.91. The van der Waals surface area contributed by atoms with Gasteiger partial charge in [0.25, 0.3) is 11.7 Å². The van der Waals surface area contributed by atoms with E-state index in [4.69, 9.17) is 21.1 Å². The lowest BCUT2D eigenvalue weighted by atomic mass is 9.95. The molecule has 1 N–H and O–H groups in total. The first-order valence-corrected chi connectivity index (χ1v) is 10.4. The summed E-state index contributed by atoms with van der Waals surface area (Å²) in [5.74, 6) is -1.15. The molecule has 33 heavy (non-hydrogen) atoms. The van der Waals surface area contributed by atoms with Crippen LogP contribution in [0, 0.1) is 6.92 Å². The van der Waals surface area contributed by atoms with Crippen molar-refractivity contribution in [1.82, 2.24) is 4.98 Å². The zero-order valence-corrected chi connectivity index (χ0v) is 19.0. The van der Waals surface area contributed by atoms with Crippen LogP contribution in [0.5, 0.6) is 11.5 Å². The van der Waals surface area contributed by atoms with Gasteiger partial charge >= 0.3 is 0 Å². The number of halogens is 1. The molecule has 4 rings (SSSR count). The molecule has 0 spiro atoms. The molecule has 1 atom stereocenters. The summed E-state index contributed by atoms with van der Waals surface area (Å²) in [7, 11) is 2.96. The number of amides is 1. The van der Waals surface area contributed by atoms with Crippen molar-refractivity contribution < 1.29 is 24.2 Å². The largest absolute Gasteiger partial charge is 0.507 e. The van der Waals surface area contributed by atoms with Crippen molar-refractivity contribution in [2.45, 2.75) is 13.0 Å². The number of carbonyl (C=O) groups is 2. The fraction of sp³-hybridized carbons (Fsp3) is 0.160. The van der Waals surface area contributed by atoms with Crippen molar-refractivity contribution in [2.75, 3.05) is 19.1 Å². The Morgan fingerprint density at radius 1 is 1.09 bits per heavy atom. The highest BCUT2D eigenvalue weighted by atomic mass is 35.5. The number of benzene rings is 2. The molecule has 1 fully saturated rings. The van der Waals surface area contributed by atoms with Crippen molar-refractivity contribution in [3.05, 3.63) is 88.2 Å². The van der Waals surface area contributed by atoms with Gasteiger partial charge in [-0.1, -0.05) is 17.7 Å². The molecule has 0 saturated carbocycles. The van der Waals surface area contributed by atoms with E-state index < -0.39 is 17.7 Å². The molecule has 1 aliphatic rings. The van der Waals surface area contributed by atoms with Crippen molar-refractivity contribution >= 4 is 34.7 Å². The van der Waals surface area contributed by atoms with Crippen LogP contribution in [-0.2, 0) is 9.59 Å². The van der Waals surface area contributed by atoms with Crippen molar-refractivity contribution in [2.24, 2.45) is 0 Å². The van der Waals surface area contributed by atoms with Gasteiger partial charge in [0, 0.05) is 18.1 Å². The summed E-state index contributed by atoms with van der Waals surface area (Å²) in [5.41, 5.74) is 1.93. The first-order valence-electron chi connectivity index (χ1n) is 10.1. The van der Waals surface area contributed by atoms with Gasteiger partial charge in [0.15, 0.2) is 0 Å². The molecule has 7 nitrogen and oxygen atoms in total. The van der Waals surface area contributed by atoms with E-state index in [1.165, 1.54) is 19.1 Å². The number of aliphatic hydroxyl groups excluding tert-OH is 1. The number of aliphatic hydroxyl groups is 1. The first kappa shape index (κ1) is 22.4. The quantitative estimate of drug-likeness (QED) is 0.335. The predicted octanol–water partition coefficient (Wildman–Crippen LogP) is 4.69. The van der Waals surface area contributed by atoms with Gasteiger partial charge in [0.05, 0.1) is 36.4 Å². The second-order valence-electron chi connectivity index (χ2n) is 7.48. The number of ether oxygens (including phenoxy) is 2. The summed E-state index contributed by atoms with van der Waals surface area (Å²) in [6, 6.07) is 12.6. The van der Waals surface area contributed by atoms with Crippen LogP contribution in [0.1, 0.15) is 22.7 Å². The van der Waals surface area contributed by atoms with Crippen molar-refractivity contribution in [1.29, 1.82) is 0 Å². The maximum atomic E-state index is 13.3. The highest BCUT2D eigenvalue weighted by molar-refractivity contribution is 6.51. The number of hydrogen-bond donors (Lipinski definition) is 1. The van der Waals surface area contributed by atoms with Crippen LogP contribution in [0.25, 0.3) is 5.76 Å². The van der Waals surface area contributed by atoms with E-state index in [0.29, 0.717) is 17.0 Å². The number of rotatable bonds is 5. The Bertz CT molecular complexity index is 1260. The van der Waals surface area contributed by atoms with Crippen LogP contribution < -0.4 is 14.4 Å². The van der Waals surface area contributed by atoms with E-state index in [2.05, 4.69) is 4.98 Å². The number of hydrogen-bond acceptors (Lipinski definition) is 6. The number of carbonyl (C=O) groups excluding carboxylic acids is 2. The minimum absolute atomic E-state index is 0.0798. The van der Waals surface area contributed by atoms with Crippen molar-refractivity contribution in [3.8, 4) is 11.5 Å². The van der Waals surface area contributed by atoms with Crippen molar-refractivity contribution in [3.63, 3.8) is 0 Å². The molecule has 0 radical (unpaired) electrons. The van der Waals surface area contributed by atoms with Gasteiger partial charge in [-0.3, -0.25) is 19.5 Å². The summed E-state index contributed by atoms with van der Waals surface area (Å²) < 4.78 is 10.6. The second-order valence-corrected chi connectivity index (χ2v) is 7.89. The molecule has 168 valence electrons. The molecule has 8 heteroatoms. The minimum Gasteiger partial charge on any atom is -0.507 e. The number of anilines is 1. The van der Waals surface area contributed by atoms with Crippen LogP contribution in [-0.4, -0.2) is 36.0 Å². The minimum atomic E-state index is -0.906. The molecule has 0 aliphatic carbocycles. The maximum Gasteiger partial charge on any atom is 0.300 e. The predicted molar refractivity (Wildman–Crippen MR) is 125 cm³/mol. The molecule has 1 aromatic heterocycles. The molecule has 1 aliphatic heterocycles. The molecule has 2 heterocycles. The highest BCUT2D eigenvalue weighted by Crippen LogP contribution is 2.44. The number of Topliss-reactive ketones (excluding diaryl/α,β-unsaturated/α-hetero) is 1. The van der Waals surface area contributed by atoms with Crippen LogP contribution in [0.4, 0.5) is 5.69 Å². The Balaban J connectivity index is 1.97. The molecule has 3 aromatic rings. The molecule has 0 bridgehead atoms. The Kier molecular flexibility index (Phi) is 6.07. The molecule has 1 unspecified atom stereocenters. The number of methoxy groups -OCH3 is 2.